The minimum Gasteiger partial charge on any atom is -0.392 e. The molecule has 2 unspecified atom stereocenters. The van der Waals surface area contributed by atoms with Gasteiger partial charge in [-0.2, -0.15) is 0 Å². The second-order valence-corrected chi connectivity index (χ2v) is 5.29. The van der Waals surface area contributed by atoms with E-state index in [9.17, 15) is 4.79 Å². The lowest BCUT2D eigenvalue weighted by Crippen LogP contribution is -2.53. The predicted molar refractivity (Wildman–Crippen MR) is 80.1 cm³/mol. The summed E-state index contributed by atoms with van der Waals surface area (Å²) in [5, 5.41) is 0. The summed E-state index contributed by atoms with van der Waals surface area (Å²) in [5.74, 6) is -0.0656. The van der Waals surface area contributed by atoms with Crippen molar-refractivity contribution in [3.05, 3.63) is 0 Å². The fourth-order valence-corrected chi connectivity index (χ4v) is 2.02. The zero-order valence-corrected chi connectivity index (χ0v) is 13.4. The van der Waals surface area contributed by atoms with Crippen LogP contribution in [0.3, 0.4) is 0 Å². The second kappa shape index (κ2) is 8.45. The van der Waals surface area contributed by atoms with Gasteiger partial charge in [-0.25, -0.2) is 0 Å². The molecule has 6 heteroatoms. The molecular weight excluding hydrogens is 264 g/mol. The fraction of sp³-hybridized carbons (Fsp3) is 0.846. The van der Waals surface area contributed by atoms with E-state index in [1.54, 1.807) is 26.0 Å². The molecule has 0 aromatic heterocycles. The third-order valence-corrected chi connectivity index (χ3v) is 3.91. The van der Waals surface area contributed by atoms with Crippen LogP contribution in [0.25, 0.3) is 0 Å². The highest BCUT2D eigenvalue weighted by Crippen LogP contribution is 2.26. The summed E-state index contributed by atoms with van der Waals surface area (Å²) in [4.78, 5) is 14.7. The lowest BCUT2D eigenvalue weighted by atomic mass is 9.85. The van der Waals surface area contributed by atoms with Gasteiger partial charge in [0, 0.05) is 20.8 Å². The van der Waals surface area contributed by atoms with Gasteiger partial charge >= 0.3 is 0 Å². The zero-order chi connectivity index (χ0) is 15.1. The predicted octanol–water partition coefficient (Wildman–Crippen LogP) is 1.20. The smallest absolute Gasteiger partial charge is 0.235 e. The van der Waals surface area contributed by atoms with Crippen molar-refractivity contribution in [3.63, 3.8) is 0 Å². The molecule has 0 saturated heterocycles. The molecule has 0 aliphatic carbocycles. The molecule has 1 amide bonds. The summed E-state index contributed by atoms with van der Waals surface area (Å²) in [6.45, 7) is 7.07. The highest BCUT2D eigenvalue weighted by molar-refractivity contribution is 7.80. The van der Waals surface area contributed by atoms with Crippen molar-refractivity contribution in [2.24, 2.45) is 11.1 Å². The van der Waals surface area contributed by atoms with E-state index in [1.807, 2.05) is 13.8 Å². The Kier molecular flexibility index (Phi) is 8.13. The summed E-state index contributed by atoms with van der Waals surface area (Å²) in [6.07, 6.45) is 0.574. The van der Waals surface area contributed by atoms with E-state index in [0.29, 0.717) is 26.2 Å². The number of carbonyl (C=O) groups excluding carboxylic acids is 1. The number of carbonyl (C=O) groups is 1. The Morgan fingerprint density at radius 3 is 2.37 bits per heavy atom. The molecular formula is C13H26N2O3S. The first-order valence-electron chi connectivity index (χ1n) is 6.44. The van der Waals surface area contributed by atoms with Gasteiger partial charge in [0.15, 0.2) is 0 Å². The molecule has 0 rings (SSSR count). The Hall–Kier alpha value is -0.720. The summed E-state index contributed by atoms with van der Waals surface area (Å²) in [5.41, 5.74) is 4.93. The maximum atomic E-state index is 12.7. The maximum absolute atomic E-state index is 12.7. The van der Waals surface area contributed by atoms with Crippen LogP contribution in [0, 0.1) is 5.41 Å². The number of nitrogens with two attached hydrogens (primary N) is 1. The highest BCUT2D eigenvalue weighted by atomic mass is 32.1. The number of rotatable bonds is 9. The van der Waals surface area contributed by atoms with Crippen LogP contribution in [0.1, 0.15) is 27.2 Å². The Morgan fingerprint density at radius 1 is 1.42 bits per heavy atom. The van der Waals surface area contributed by atoms with E-state index < -0.39 is 5.41 Å². The number of hydrogen-bond donors (Lipinski definition) is 1. The minimum absolute atomic E-state index is 0.0483. The Balaban J connectivity index is 5.12. The molecule has 0 heterocycles. The fourth-order valence-electron chi connectivity index (χ4n) is 1.79. The molecule has 0 saturated carbocycles. The minimum atomic E-state index is -0.814. The quantitative estimate of drug-likeness (QED) is 0.646. The SMILES string of the molecule is CCC(C)(C(=O)N(CCOC)C(C)COC)C(N)=S. The van der Waals surface area contributed by atoms with Gasteiger partial charge in [-0.05, 0) is 20.3 Å². The van der Waals surface area contributed by atoms with Gasteiger partial charge in [0.05, 0.1) is 29.7 Å². The van der Waals surface area contributed by atoms with Crippen LogP contribution in [0.5, 0.6) is 0 Å². The van der Waals surface area contributed by atoms with Crippen molar-refractivity contribution in [3.8, 4) is 0 Å². The summed E-state index contributed by atoms with van der Waals surface area (Å²) in [6, 6.07) is -0.0483. The summed E-state index contributed by atoms with van der Waals surface area (Å²) in [7, 11) is 3.22. The van der Waals surface area contributed by atoms with Crippen molar-refractivity contribution >= 4 is 23.1 Å². The monoisotopic (exact) mass is 290 g/mol. The van der Waals surface area contributed by atoms with Gasteiger partial charge in [-0.15, -0.1) is 0 Å². The third kappa shape index (κ3) is 4.71. The largest absolute Gasteiger partial charge is 0.392 e. The molecule has 2 atom stereocenters. The molecule has 19 heavy (non-hydrogen) atoms. The summed E-state index contributed by atoms with van der Waals surface area (Å²) >= 11 is 5.06. The molecule has 112 valence electrons. The number of methoxy groups -OCH3 is 2. The van der Waals surface area contributed by atoms with Crippen LogP contribution < -0.4 is 5.73 Å². The molecule has 0 radical (unpaired) electrons. The maximum Gasteiger partial charge on any atom is 0.235 e. The first kappa shape index (κ1) is 18.3. The number of nitrogens with zero attached hydrogens (tertiary/aromatic N) is 1. The topological polar surface area (TPSA) is 64.8 Å². The normalized spacial score (nSPS) is 15.6. The molecule has 0 aliphatic rings. The molecule has 0 bridgehead atoms. The number of thiocarbonyl (C=S) groups is 1. The van der Waals surface area contributed by atoms with Crippen molar-refractivity contribution in [2.45, 2.75) is 33.2 Å². The molecule has 0 aliphatic heterocycles. The Bertz CT molecular complexity index is 312. The van der Waals surface area contributed by atoms with Gasteiger partial charge < -0.3 is 20.1 Å². The van der Waals surface area contributed by atoms with Crippen LogP contribution in [0.2, 0.25) is 0 Å². The van der Waals surface area contributed by atoms with Crippen LogP contribution in [0.15, 0.2) is 0 Å². The molecule has 2 N–H and O–H groups in total. The van der Waals surface area contributed by atoms with Crippen LogP contribution in [-0.2, 0) is 14.3 Å². The van der Waals surface area contributed by atoms with Crippen LogP contribution >= 0.6 is 12.2 Å². The second-order valence-electron chi connectivity index (χ2n) is 4.85. The van der Waals surface area contributed by atoms with E-state index in [1.165, 1.54) is 0 Å². The molecule has 0 spiro atoms. The van der Waals surface area contributed by atoms with Crippen molar-refractivity contribution in [2.75, 3.05) is 34.0 Å². The molecule has 0 fully saturated rings. The van der Waals surface area contributed by atoms with Crippen molar-refractivity contribution < 1.29 is 14.3 Å². The van der Waals surface area contributed by atoms with Crippen LogP contribution in [-0.4, -0.2) is 55.8 Å². The van der Waals surface area contributed by atoms with Gasteiger partial charge in [0.1, 0.15) is 0 Å². The molecule has 5 nitrogen and oxygen atoms in total. The average Bonchev–Trinajstić information content (AvgIpc) is 2.37. The van der Waals surface area contributed by atoms with E-state index in [-0.39, 0.29) is 16.9 Å². The third-order valence-electron chi connectivity index (χ3n) is 3.46. The van der Waals surface area contributed by atoms with Gasteiger partial charge in [0.2, 0.25) is 5.91 Å². The summed E-state index contributed by atoms with van der Waals surface area (Å²) < 4.78 is 10.2. The average molecular weight is 290 g/mol. The van der Waals surface area contributed by atoms with Crippen LogP contribution in [0.4, 0.5) is 0 Å². The molecule has 0 aromatic carbocycles. The lowest BCUT2D eigenvalue weighted by Gasteiger charge is -2.36. The van der Waals surface area contributed by atoms with E-state index in [2.05, 4.69) is 0 Å². The standard InChI is InChI=1S/C13H26N2O3S/c1-6-13(3,11(14)19)12(16)15(7-8-17-4)10(2)9-18-5/h10H,6-9H2,1-5H3,(H2,14,19). The first-order chi connectivity index (χ1) is 8.84. The molecule has 0 aromatic rings. The van der Waals surface area contributed by atoms with Crippen molar-refractivity contribution in [1.82, 2.24) is 4.90 Å². The van der Waals surface area contributed by atoms with Gasteiger partial charge in [-0.3, -0.25) is 4.79 Å². The van der Waals surface area contributed by atoms with E-state index in [0.717, 1.165) is 0 Å². The zero-order valence-electron chi connectivity index (χ0n) is 12.6. The Labute approximate surface area is 121 Å². The Morgan fingerprint density at radius 2 is 2.00 bits per heavy atom. The van der Waals surface area contributed by atoms with E-state index in [4.69, 9.17) is 27.4 Å². The number of ether oxygens (including phenoxy) is 2. The number of hydrogen-bond acceptors (Lipinski definition) is 4. The van der Waals surface area contributed by atoms with E-state index >= 15 is 0 Å². The highest BCUT2D eigenvalue weighted by Gasteiger charge is 2.39. The van der Waals surface area contributed by atoms with Gasteiger partial charge in [0.25, 0.3) is 0 Å². The van der Waals surface area contributed by atoms with Gasteiger partial charge in [-0.1, -0.05) is 19.1 Å². The first-order valence-corrected chi connectivity index (χ1v) is 6.84. The number of amides is 1. The van der Waals surface area contributed by atoms with Crippen molar-refractivity contribution in [1.29, 1.82) is 0 Å². The lowest BCUT2D eigenvalue weighted by molar-refractivity contribution is -0.141.